The lowest BCUT2D eigenvalue weighted by atomic mass is 10.1. The molecule has 2 aromatic rings. The molecular weight excluding hydrogens is 339 g/mol. The molecule has 0 bridgehead atoms. The summed E-state index contributed by atoms with van der Waals surface area (Å²) in [7, 11) is 1.49. The number of rotatable bonds is 6. The summed E-state index contributed by atoms with van der Waals surface area (Å²) in [6.07, 6.45) is -5.15. The third-order valence-electron chi connectivity index (χ3n) is 3.25. The van der Waals surface area contributed by atoms with Gasteiger partial charge in [0.05, 0.1) is 23.7 Å². The second kappa shape index (κ2) is 7.76. The van der Waals surface area contributed by atoms with Crippen molar-refractivity contribution >= 4 is 22.9 Å². The van der Waals surface area contributed by atoms with Crippen LogP contribution in [0.1, 0.15) is 11.4 Å². The van der Waals surface area contributed by atoms with Crippen LogP contribution < -0.4 is 5.32 Å². The largest absolute Gasteiger partial charge is 0.390 e. The Bertz CT molecular complexity index is 700. The molecule has 0 saturated carbocycles. The van der Waals surface area contributed by atoms with Crippen molar-refractivity contribution in [3.8, 4) is 11.3 Å². The van der Waals surface area contributed by atoms with E-state index in [0.29, 0.717) is 5.69 Å². The third kappa shape index (κ3) is 5.93. The minimum absolute atomic E-state index is 0.101. The molecule has 0 aliphatic rings. The second-order valence-corrected chi connectivity index (χ2v) is 6.55. The van der Waals surface area contributed by atoms with E-state index < -0.39 is 12.6 Å². The van der Waals surface area contributed by atoms with Crippen LogP contribution in [0.4, 0.5) is 18.9 Å². The number of benzene rings is 1. The van der Waals surface area contributed by atoms with Gasteiger partial charge in [0.25, 0.3) is 0 Å². The van der Waals surface area contributed by atoms with Gasteiger partial charge >= 0.3 is 6.18 Å². The van der Waals surface area contributed by atoms with Gasteiger partial charge in [0.1, 0.15) is 0 Å². The summed E-state index contributed by atoms with van der Waals surface area (Å²) >= 11 is 1.54. The van der Waals surface area contributed by atoms with Gasteiger partial charge in [-0.05, 0) is 26.1 Å². The number of amides is 1. The number of carbonyl (C=O) groups is 1. The van der Waals surface area contributed by atoms with Crippen LogP contribution in [0.5, 0.6) is 0 Å². The Morgan fingerprint density at radius 1 is 1.38 bits per heavy atom. The number of thiazole rings is 1. The van der Waals surface area contributed by atoms with Crippen molar-refractivity contribution in [3.05, 3.63) is 34.7 Å². The summed E-state index contributed by atoms with van der Waals surface area (Å²) in [5.41, 5.74) is 2.30. The Hall–Kier alpha value is -1.93. The van der Waals surface area contributed by atoms with Gasteiger partial charge in [0.2, 0.25) is 5.91 Å². The monoisotopic (exact) mass is 357 g/mol. The summed E-state index contributed by atoms with van der Waals surface area (Å²) in [5, 5.41) is 5.58. The summed E-state index contributed by atoms with van der Waals surface area (Å²) in [6.45, 7) is 1.60. The van der Waals surface area contributed by atoms with E-state index in [1.165, 1.54) is 23.3 Å². The van der Waals surface area contributed by atoms with Crippen LogP contribution in [0, 0.1) is 6.92 Å². The fourth-order valence-electron chi connectivity index (χ4n) is 2.09. The molecule has 1 heterocycles. The predicted octanol–water partition coefficient (Wildman–Crippen LogP) is 3.94. The molecule has 2 rings (SSSR count). The van der Waals surface area contributed by atoms with E-state index in [2.05, 4.69) is 10.3 Å². The SMILES string of the molecule is Cc1nc(-c2cccc(NC(=O)CN(C)CCC(F)(F)F)c2)cs1. The lowest BCUT2D eigenvalue weighted by Gasteiger charge is -2.17. The van der Waals surface area contributed by atoms with Gasteiger partial charge in [0.15, 0.2) is 0 Å². The fraction of sp³-hybridized carbons (Fsp3) is 0.375. The van der Waals surface area contributed by atoms with Gasteiger partial charge in [-0.3, -0.25) is 9.69 Å². The molecule has 8 heteroatoms. The highest BCUT2D eigenvalue weighted by Crippen LogP contribution is 2.24. The van der Waals surface area contributed by atoms with Crippen molar-refractivity contribution in [2.75, 3.05) is 25.5 Å². The van der Waals surface area contributed by atoms with Gasteiger partial charge in [-0.1, -0.05) is 12.1 Å². The molecule has 0 aliphatic heterocycles. The van der Waals surface area contributed by atoms with Crippen molar-refractivity contribution in [1.29, 1.82) is 0 Å². The first-order valence-corrected chi connectivity index (χ1v) is 8.18. The number of hydrogen-bond acceptors (Lipinski definition) is 4. The van der Waals surface area contributed by atoms with E-state index in [0.717, 1.165) is 16.3 Å². The molecule has 4 nitrogen and oxygen atoms in total. The van der Waals surface area contributed by atoms with Gasteiger partial charge in [-0.25, -0.2) is 4.98 Å². The molecule has 1 N–H and O–H groups in total. The first-order chi connectivity index (χ1) is 11.2. The Morgan fingerprint density at radius 2 is 2.12 bits per heavy atom. The first-order valence-electron chi connectivity index (χ1n) is 7.30. The maximum atomic E-state index is 12.2. The number of likely N-dealkylation sites (N-methyl/N-ethyl adjacent to an activating group) is 1. The number of aryl methyl sites for hydroxylation is 1. The number of aromatic nitrogens is 1. The van der Waals surface area contributed by atoms with Crippen LogP contribution in [0.25, 0.3) is 11.3 Å². The highest BCUT2D eigenvalue weighted by molar-refractivity contribution is 7.09. The first kappa shape index (κ1) is 18.4. The number of nitrogens with one attached hydrogen (secondary N) is 1. The average Bonchev–Trinajstić information content (AvgIpc) is 2.91. The van der Waals surface area contributed by atoms with Crippen molar-refractivity contribution in [2.45, 2.75) is 19.5 Å². The molecule has 0 fully saturated rings. The molecule has 24 heavy (non-hydrogen) atoms. The molecule has 0 spiro atoms. The van der Waals surface area contributed by atoms with Crippen LogP contribution in [-0.4, -0.2) is 42.1 Å². The Kier molecular flexibility index (Phi) is 5.95. The Balaban J connectivity index is 1.92. The summed E-state index contributed by atoms with van der Waals surface area (Å²) < 4.78 is 36.5. The van der Waals surface area contributed by atoms with Crippen molar-refractivity contribution in [3.63, 3.8) is 0 Å². The molecule has 1 amide bonds. The quantitative estimate of drug-likeness (QED) is 0.852. The van der Waals surface area contributed by atoms with Crippen molar-refractivity contribution < 1.29 is 18.0 Å². The van der Waals surface area contributed by atoms with E-state index >= 15 is 0 Å². The molecule has 130 valence electrons. The maximum absolute atomic E-state index is 12.2. The lowest BCUT2D eigenvalue weighted by Crippen LogP contribution is -2.32. The summed E-state index contributed by atoms with van der Waals surface area (Å²) in [5.74, 6) is -0.355. The summed E-state index contributed by atoms with van der Waals surface area (Å²) in [6, 6.07) is 7.21. The Labute approximate surface area is 142 Å². The average molecular weight is 357 g/mol. The van der Waals surface area contributed by atoms with Gasteiger partial charge in [-0.15, -0.1) is 11.3 Å². The fourth-order valence-corrected chi connectivity index (χ4v) is 2.72. The molecule has 0 saturated heterocycles. The van der Waals surface area contributed by atoms with E-state index in [4.69, 9.17) is 0 Å². The predicted molar refractivity (Wildman–Crippen MR) is 89.1 cm³/mol. The standard InChI is InChI=1S/C16H18F3N3OS/c1-11-20-14(10-24-11)12-4-3-5-13(8-12)21-15(23)9-22(2)7-6-16(17,18)19/h3-5,8,10H,6-7,9H2,1-2H3,(H,21,23). The van der Waals surface area contributed by atoms with Crippen LogP contribution in [-0.2, 0) is 4.79 Å². The number of halogens is 3. The normalized spacial score (nSPS) is 11.8. The van der Waals surface area contributed by atoms with E-state index in [1.807, 2.05) is 18.4 Å². The van der Waals surface area contributed by atoms with E-state index in [1.54, 1.807) is 18.2 Å². The number of anilines is 1. The van der Waals surface area contributed by atoms with Crippen LogP contribution in [0.3, 0.4) is 0 Å². The topological polar surface area (TPSA) is 45.2 Å². The second-order valence-electron chi connectivity index (χ2n) is 5.48. The highest BCUT2D eigenvalue weighted by atomic mass is 32.1. The van der Waals surface area contributed by atoms with Crippen LogP contribution >= 0.6 is 11.3 Å². The molecule has 0 aliphatic carbocycles. The zero-order valence-electron chi connectivity index (χ0n) is 13.4. The maximum Gasteiger partial charge on any atom is 0.390 e. The van der Waals surface area contributed by atoms with Gasteiger partial charge in [-0.2, -0.15) is 13.2 Å². The minimum atomic E-state index is -4.22. The summed E-state index contributed by atoms with van der Waals surface area (Å²) in [4.78, 5) is 17.7. The zero-order valence-corrected chi connectivity index (χ0v) is 14.2. The Morgan fingerprint density at radius 3 is 2.75 bits per heavy atom. The van der Waals surface area contributed by atoms with Gasteiger partial charge in [0, 0.05) is 23.2 Å². The third-order valence-corrected chi connectivity index (χ3v) is 4.03. The van der Waals surface area contributed by atoms with Crippen molar-refractivity contribution in [2.24, 2.45) is 0 Å². The number of alkyl halides is 3. The molecule has 0 unspecified atom stereocenters. The lowest BCUT2D eigenvalue weighted by molar-refractivity contribution is -0.138. The van der Waals surface area contributed by atoms with Crippen LogP contribution in [0.2, 0.25) is 0 Å². The number of hydrogen-bond donors (Lipinski definition) is 1. The minimum Gasteiger partial charge on any atom is -0.325 e. The highest BCUT2D eigenvalue weighted by Gasteiger charge is 2.27. The van der Waals surface area contributed by atoms with Crippen molar-refractivity contribution in [1.82, 2.24) is 9.88 Å². The zero-order chi connectivity index (χ0) is 17.7. The number of nitrogens with zero attached hydrogens (tertiary/aromatic N) is 2. The number of carbonyl (C=O) groups excluding carboxylic acids is 1. The smallest absolute Gasteiger partial charge is 0.325 e. The molecule has 1 aromatic heterocycles. The van der Waals surface area contributed by atoms with Crippen LogP contribution in [0.15, 0.2) is 29.6 Å². The molecule has 0 atom stereocenters. The van der Waals surface area contributed by atoms with E-state index in [-0.39, 0.29) is 19.0 Å². The molecular formula is C16H18F3N3OS. The molecule has 0 radical (unpaired) electrons. The van der Waals surface area contributed by atoms with E-state index in [9.17, 15) is 18.0 Å². The molecule has 1 aromatic carbocycles. The van der Waals surface area contributed by atoms with Gasteiger partial charge < -0.3 is 5.32 Å².